The van der Waals surface area contributed by atoms with E-state index in [4.69, 9.17) is 21.1 Å². The number of aromatic amines is 1. The molecule has 3 rings (SSSR count). The van der Waals surface area contributed by atoms with Crippen LogP contribution in [0.5, 0.6) is 0 Å². The minimum absolute atomic E-state index is 0.0210. The van der Waals surface area contributed by atoms with Crippen molar-refractivity contribution in [3.8, 4) is 0 Å². The van der Waals surface area contributed by atoms with Gasteiger partial charge in [-0.3, -0.25) is 4.79 Å². The summed E-state index contributed by atoms with van der Waals surface area (Å²) in [5.41, 5.74) is 2.79. The number of esters is 1. The lowest BCUT2D eigenvalue weighted by atomic mass is 9.92. The summed E-state index contributed by atoms with van der Waals surface area (Å²) in [6.07, 6.45) is 0.769. The molecule has 1 aromatic carbocycles. The summed E-state index contributed by atoms with van der Waals surface area (Å²) >= 11 is 6.28. The average molecular weight is 308 g/mol. The summed E-state index contributed by atoms with van der Waals surface area (Å²) in [5.74, 6) is -1.45. The molecule has 5 heteroatoms. The first-order chi connectivity index (χ1) is 9.95. The predicted octanol–water partition coefficient (Wildman–Crippen LogP) is 3.77. The monoisotopic (exact) mass is 307 g/mol. The van der Waals surface area contributed by atoms with E-state index in [1.807, 2.05) is 32.0 Å². The van der Waals surface area contributed by atoms with Crippen molar-refractivity contribution in [3.63, 3.8) is 0 Å². The first-order valence-electron chi connectivity index (χ1n) is 7.09. The lowest BCUT2D eigenvalue weighted by Gasteiger charge is -2.39. The molecule has 1 atom stereocenters. The second-order valence-electron chi connectivity index (χ2n) is 5.66. The molecule has 0 spiro atoms. The number of rotatable bonds is 2. The molecule has 0 bridgehead atoms. The Morgan fingerprint density at radius 3 is 2.90 bits per heavy atom. The number of halogens is 1. The van der Waals surface area contributed by atoms with Crippen LogP contribution in [0.25, 0.3) is 10.9 Å². The quantitative estimate of drug-likeness (QED) is 0.859. The van der Waals surface area contributed by atoms with Gasteiger partial charge in [-0.05, 0) is 18.1 Å². The van der Waals surface area contributed by atoms with E-state index in [2.05, 4.69) is 4.98 Å². The maximum absolute atomic E-state index is 11.6. The van der Waals surface area contributed by atoms with E-state index in [1.54, 1.807) is 0 Å². The van der Waals surface area contributed by atoms with Gasteiger partial charge in [0, 0.05) is 18.2 Å². The molecule has 4 nitrogen and oxygen atoms in total. The van der Waals surface area contributed by atoms with Gasteiger partial charge in [-0.2, -0.15) is 0 Å². The maximum atomic E-state index is 11.6. The Labute approximate surface area is 128 Å². The fraction of sp³-hybridized carbons (Fsp3) is 0.438. The number of fused-ring (bicyclic) bond motifs is 3. The van der Waals surface area contributed by atoms with E-state index in [9.17, 15) is 4.79 Å². The molecule has 0 saturated carbocycles. The Balaban J connectivity index is 2.27. The predicted molar refractivity (Wildman–Crippen MR) is 81.2 cm³/mol. The van der Waals surface area contributed by atoms with Gasteiger partial charge in [0.1, 0.15) is 0 Å². The van der Waals surface area contributed by atoms with E-state index in [-0.39, 0.29) is 11.9 Å². The van der Waals surface area contributed by atoms with Crippen molar-refractivity contribution in [1.82, 2.24) is 4.98 Å². The topological polar surface area (TPSA) is 51.3 Å². The molecular weight excluding hydrogens is 290 g/mol. The molecule has 0 aliphatic carbocycles. The zero-order chi connectivity index (χ0) is 15.2. The number of hydrogen-bond acceptors (Lipinski definition) is 3. The van der Waals surface area contributed by atoms with Crippen molar-refractivity contribution in [1.29, 1.82) is 0 Å². The average Bonchev–Trinajstić information content (AvgIpc) is 2.80. The van der Waals surface area contributed by atoms with Gasteiger partial charge < -0.3 is 14.5 Å². The fourth-order valence-electron chi connectivity index (χ4n) is 3.04. The first-order valence-corrected chi connectivity index (χ1v) is 7.46. The molecule has 2 heterocycles. The minimum atomic E-state index is -1.07. The van der Waals surface area contributed by atoms with Crippen molar-refractivity contribution < 1.29 is 14.3 Å². The van der Waals surface area contributed by atoms with Crippen LogP contribution in [0.4, 0.5) is 0 Å². The number of aromatic nitrogens is 1. The lowest BCUT2D eigenvalue weighted by Crippen LogP contribution is -2.44. The summed E-state index contributed by atoms with van der Waals surface area (Å²) in [4.78, 5) is 14.9. The van der Waals surface area contributed by atoms with Gasteiger partial charge >= 0.3 is 5.97 Å². The molecule has 0 saturated heterocycles. The SMILES string of the molecule is CC(=O)OC1(C(C)C)OCCc2c1[nH]c1c(Cl)cccc21. The lowest BCUT2D eigenvalue weighted by molar-refractivity contribution is -0.265. The maximum Gasteiger partial charge on any atom is 0.305 e. The zero-order valence-electron chi connectivity index (χ0n) is 12.3. The molecule has 1 aliphatic rings. The van der Waals surface area contributed by atoms with Gasteiger partial charge in [0.2, 0.25) is 0 Å². The van der Waals surface area contributed by atoms with E-state index in [1.165, 1.54) is 6.92 Å². The Morgan fingerprint density at radius 2 is 2.24 bits per heavy atom. The van der Waals surface area contributed by atoms with E-state index >= 15 is 0 Å². The molecule has 1 unspecified atom stereocenters. The van der Waals surface area contributed by atoms with Crippen LogP contribution in [0.1, 0.15) is 32.0 Å². The number of hydrogen-bond donors (Lipinski definition) is 1. The second-order valence-corrected chi connectivity index (χ2v) is 6.06. The van der Waals surface area contributed by atoms with Crippen molar-refractivity contribution in [2.75, 3.05) is 6.61 Å². The van der Waals surface area contributed by atoms with Crippen LogP contribution in [-0.4, -0.2) is 17.6 Å². The Kier molecular flexibility index (Phi) is 3.46. The second kappa shape index (κ2) is 5.04. The Bertz CT molecular complexity index is 707. The Morgan fingerprint density at radius 1 is 1.48 bits per heavy atom. The van der Waals surface area contributed by atoms with Crippen LogP contribution >= 0.6 is 11.6 Å². The number of nitrogens with one attached hydrogen (secondary N) is 1. The summed E-state index contributed by atoms with van der Waals surface area (Å²) < 4.78 is 11.5. The third-order valence-electron chi connectivity index (χ3n) is 3.96. The van der Waals surface area contributed by atoms with E-state index in [0.717, 1.165) is 28.6 Å². The number of para-hydroxylation sites is 1. The summed E-state index contributed by atoms with van der Waals surface area (Å²) in [7, 11) is 0. The van der Waals surface area contributed by atoms with Gasteiger partial charge in [0.25, 0.3) is 5.79 Å². The van der Waals surface area contributed by atoms with Crippen LogP contribution in [0, 0.1) is 5.92 Å². The number of ether oxygens (including phenoxy) is 2. The summed E-state index contributed by atoms with van der Waals surface area (Å²) in [6, 6.07) is 5.80. The fourth-order valence-corrected chi connectivity index (χ4v) is 3.26. The highest BCUT2D eigenvalue weighted by atomic mass is 35.5. The van der Waals surface area contributed by atoms with Crippen LogP contribution in [-0.2, 0) is 26.5 Å². The molecule has 0 fully saturated rings. The van der Waals surface area contributed by atoms with Crippen LogP contribution < -0.4 is 0 Å². The molecule has 0 radical (unpaired) electrons. The molecule has 0 amide bonds. The van der Waals surface area contributed by atoms with E-state index < -0.39 is 5.79 Å². The van der Waals surface area contributed by atoms with Gasteiger partial charge in [0.05, 0.1) is 22.8 Å². The largest absolute Gasteiger partial charge is 0.427 e. The van der Waals surface area contributed by atoms with E-state index in [0.29, 0.717) is 11.6 Å². The van der Waals surface area contributed by atoms with Crippen LogP contribution in [0.3, 0.4) is 0 Å². The Hall–Kier alpha value is -1.52. The summed E-state index contributed by atoms with van der Waals surface area (Å²) in [6.45, 7) is 5.87. The normalized spacial score (nSPS) is 21.6. The van der Waals surface area contributed by atoms with Crippen molar-refractivity contribution in [2.45, 2.75) is 33.0 Å². The highest BCUT2D eigenvalue weighted by Crippen LogP contribution is 2.43. The molecule has 1 aromatic heterocycles. The third kappa shape index (κ3) is 2.14. The number of carbonyl (C=O) groups excluding carboxylic acids is 1. The first kappa shape index (κ1) is 14.4. The van der Waals surface area contributed by atoms with Crippen LogP contribution in [0.2, 0.25) is 5.02 Å². The van der Waals surface area contributed by atoms with Gasteiger partial charge in [0.15, 0.2) is 0 Å². The smallest absolute Gasteiger partial charge is 0.305 e. The number of H-pyrrole nitrogens is 1. The summed E-state index contributed by atoms with van der Waals surface area (Å²) in [5, 5.41) is 1.72. The molecular formula is C16H18ClNO3. The van der Waals surface area contributed by atoms with Crippen molar-refractivity contribution >= 4 is 28.5 Å². The van der Waals surface area contributed by atoms with Gasteiger partial charge in [-0.15, -0.1) is 0 Å². The molecule has 112 valence electrons. The number of carbonyl (C=O) groups is 1. The van der Waals surface area contributed by atoms with Crippen LogP contribution in [0.15, 0.2) is 18.2 Å². The third-order valence-corrected chi connectivity index (χ3v) is 4.28. The van der Waals surface area contributed by atoms with Crippen molar-refractivity contribution in [3.05, 3.63) is 34.5 Å². The molecule has 1 aliphatic heterocycles. The molecule has 2 aromatic rings. The minimum Gasteiger partial charge on any atom is -0.427 e. The van der Waals surface area contributed by atoms with Gasteiger partial charge in [-0.1, -0.05) is 37.6 Å². The molecule has 21 heavy (non-hydrogen) atoms. The highest BCUT2D eigenvalue weighted by molar-refractivity contribution is 6.35. The number of benzene rings is 1. The zero-order valence-corrected chi connectivity index (χ0v) is 13.1. The molecule has 1 N–H and O–H groups in total. The van der Waals surface area contributed by atoms with Gasteiger partial charge in [-0.25, -0.2) is 0 Å². The highest BCUT2D eigenvalue weighted by Gasteiger charge is 2.46. The standard InChI is InChI=1S/C16H18ClNO3/c1-9(2)16(21-10(3)19)15-12(7-8-20-16)11-5-4-6-13(17)14(11)18-15/h4-6,9,18H,7-8H2,1-3H3. The van der Waals surface area contributed by atoms with Crippen molar-refractivity contribution in [2.24, 2.45) is 5.92 Å².